The molecule has 0 unspecified atom stereocenters. The zero-order valence-corrected chi connectivity index (χ0v) is 14.9. The molecule has 1 spiro atoms. The van der Waals surface area contributed by atoms with E-state index in [1.807, 2.05) is 0 Å². The summed E-state index contributed by atoms with van der Waals surface area (Å²) in [5.74, 6) is 1.39. The molecule has 23 heavy (non-hydrogen) atoms. The Balaban J connectivity index is 1.78. The fourth-order valence-electron chi connectivity index (χ4n) is 7.71. The van der Waals surface area contributed by atoms with Crippen LogP contribution in [-0.4, -0.2) is 28.2 Å². The summed E-state index contributed by atoms with van der Waals surface area (Å²) in [6.45, 7) is 6.95. The molecule has 0 aromatic rings. The van der Waals surface area contributed by atoms with Crippen molar-refractivity contribution in [3.05, 3.63) is 0 Å². The summed E-state index contributed by atoms with van der Waals surface area (Å²) in [4.78, 5) is 13.3. The van der Waals surface area contributed by atoms with Gasteiger partial charge in [0.25, 0.3) is 0 Å². The maximum absolute atomic E-state index is 13.3. The Morgan fingerprint density at radius 1 is 1.13 bits per heavy atom. The van der Waals surface area contributed by atoms with E-state index in [9.17, 15) is 15.0 Å². The van der Waals surface area contributed by atoms with Gasteiger partial charge in [-0.3, -0.25) is 4.79 Å². The second-order valence-corrected chi connectivity index (χ2v) is 10.2. The van der Waals surface area contributed by atoms with E-state index in [-0.39, 0.29) is 28.8 Å². The van der Waals surface area contributed by atoms with Crippen LogP contribution in [0.5, 0.6) is 0 Å². The number of fused-ring (bicyclic) bond motifs is 3. The molecule has 4 saturated carbocycles. The standard InChI is InChI=1S/C20H32O3/c1-17(2)7-4-8-18(3)14-6-5-13-10-19(14,11-20(13,23)12-21)16(22)9-15(17)18/h13-15,21,23H,4-12H2,1-3H3/t13-,14+,15-,18-,19-,20+/m0/s1. The number of Topliss-reactive ketones (excluding diaryl/α,β-unsaturated/α-hetero) is 1. The van der Waals surface area contributed by atoms with Crippen molar-refractivity contribution >= 4 is 5.78 Å². The van der Waals surface area contributed by atoms with Gasteiger partial charge >= 0.3 is 0 Å². The molecule has 0 radical (unpaired) electrons. The molecule has 0 amide bonds. The predicted molar refractivity (Wildman–Crippen MR) is 88.8 cm³/mol. The highest BCUT2D eigenvalue weighted by molar-refractivity contribution is 5.87. The highest BCUT2D eigenvalue weighted by atomic mass is 16.3. The van der Waals surface area contributed by atoms with Gasteiger partial charge in [0.1, 0.15) is 5.78 Å². The first-order valence-corrected chi connectivity index (χ1v) is 9.55. The number of carbonyl (C=O) groups is 1. The van der Waals surface area contributed by atoms with Crippen LogP contribution < -0.4 is 0 Å². The molecule has 0 aromatic carbocycles. The summed E-state index contributed by atoms with van der Waals surface area (Å²) in [6.07, 6.45) is 7.75. The predicted octanol–water partition coefficient (Wildman–Crippen LogP) is 3.32. The molecule has 6 atom stereocenters. The summed E-state index contributed by atoms with van der Waals surface area (Å²) >= 11 is 0. The number of rotatable bonds is 1. The molecular formula is C20H32O3. The van der Waals surface area contributed by atoms with Gasteiger partial charge in [-0.05, 0) is 67.1 Å². The molecule has 0 heterocycles. The van der Waals surface area contributed by atoms with Gasteiger partial charge in [0.05, 0.1) is 12.2 Å². The average molecular weight is 320 g/mol. The van der Waals surface area contributed by atoms with Crippen molar-refractivity contribution in [3.63, 3.8) is 0 Å². The third-order valence-electron chi connectivity index (χ3n) is 8.75. The summed E-state index contributed by atoms with van der Waals surface area (Å²) in [5, 5.41) is 20.7. The zero-order valence-electron chi connectivity index (χ0n) is 14.9. The molecule has 4 fully saturated rings. The van der Waals surface area contributed by atoms with E-state index in [1.54, 1.807) is 0 Å². The van der Waals surface area contributed by atoms with Gasteiger partial charge in [-0.25, -0.2) is 0 Å². The van der Waals surface area contributed by atoms with Gasteiger partial charge in [0, 0.05) is 11.8 Å². The lowest BCUT2D eigenvalue weighted by Crippen LogP contribution is -2.59. The van der Waals surface area contributed by atoms with Crippen LogP contribution >= 0.6 is 0 Å². The fourth-order valence-corrected chi connectivity index (χ4v) is 7.71. The number of aliphatic hydroxyl groups is 2. The lowest BCUT2D eigenvalue weighted by atomic mass is 9.41. The van der Waals surface area contributed by atoms with Crippen LogP contribution in [0.2, 0.25) is 0 Å². The molecular weight excluding hydrogens is 288 g/mol. The summed E-state index contributed by atoms with van der Waals surface area (Å²) < 4.78 is 0. The Morgan fingerprint density at radius 3 is 2.57 bits per heavy atom. The van der Waals surface area contributed by atoms with E-state index < -0.39 is 5.60 Å². The third-order valence-corrected chi connectivity index (χ3v) is 8.75. The molecule has 4 aliphatic rings. The van der Waals surface area contributed by atoms with Crippen molar-refractivity contribution < 1.29 is 15.0 Å². The minimum absolute atomic E-state index is 0.115. The third kappa shape index (κ3) is 1.87. The zero-order chi connectivity index (χ0) is 16.7. The number of carbonyl (C=O) groups excluding carboxylic acids is 1. The molecule has 0 aromatic heterocycles. The van der Waals surface area contributed by atoms with Gasteiger partial charge < -0.3 is 10.2 Å². The molecule has 2 N–H and O–H groups in total. The Bertz CT molecular complexity index is 541. The van der Waals surface area contributed by atoms with E-state index in [4.69, 9.17) is 0 Å². The maximum atomic E-state index is 13.3. The van der Waals surface area contributed by atoms with Crippen molar-refractivity contribution in [2.75, 3.05) is 6.61 Å². The molecule has 3 nitrogen and oxygen atoms in total. The van der Waals surface area contributed by atoms with Crippen LogP contribution in [0.15, 0.2) is 0 Å². The van der Waals surface area contributed by atoms with Gasteiger partial charge in [0.2, 0.25) is 0 Å². The lowest BCUT2D eigenvalue weighted by molar-refractivity contribution is -0.170. The van der Waals surface area contributed by atoms with Crippen molar-refractivity contribution in [1.82, 2.24) is 0 Å². The van der Waals surface area contributed by atoms with Crippen molar-refractivity contribution in [3.8, 4) is 0 Å². The second kappa shape index (κ2) is 4.60. The fraction of sp³-hybridized carbons (Fsp3) is 0.950. The average Bonchev–Trinajstić information content (AvgIpc) is 2.71. The monoisotopic (exact) mass is 320 g/mol. The quantitative estimate of drug-likeness (QED) is 0.779. The number of hydrogen-bond acceptors (Lipinski definition) is 3. The Morgan fingerprint density at radius 2 is 1.87 bits per heavy atom. The van der Waals surface area contributed by atoms with Gasteiger partial charge in [-0.15, -0.1) is 0 Å². The van der Waals surface area contributed by atoms with E-state index in [0.29, 0.717) is 30.5 Å². The van der Waals surface area contributed by atoms with Crippen molar-refractivity contribution in [2.45, 2.75) is 77.7 Å². The molecule has 3 heteroatoms. The number of aliphatic hydroxyl groups excluding tert-OH is 1. The summed E-state index contributed by atoms with van der Waals surface area (Å²) in [7, 11) is 0. The van der Waals surface area contributed by atoms with Gasteiger partial charge in [0.15, 0.2) is 0 Å². The largest absolute Gasteiger partial charge is 0.393 e. The van der Waals surface area contributed by atoms with Crippen LogP contribution in [0.1, 0.15) is 72.1 Å². The first-order chi connectivity index (χ1) is 10.7. The van der Waals surface area contributed by atoms with Gasteiger partial charge in [-0.2, -0.15) is 0 Å². The van der Waals surface area contributed by atoms with Crippen LogP contribution in [0.3, 0.4) is 0 Å². The van der Waals surface area contributed by atoms with E-state index in [2.05, 4.69) is 20.8 Å². The van der Waals surface area contributed by atoms with Crippen LogP contribution in [-0.2, 0) is 4.79 Å². The molecule has 4 rings (SSSR count). The topological polar surface area (TPSA) is 57.5 Å². The van der Waals surface area contributed by atoms with Gasteiger partial charge in [-0.1, -0.05) is 27.2 Å². The molecule has 2 bridgehead atoms. The number of hydrogen-bond donors (Lipinski definition) is 2. The van der Waals surface area contributed by atoms with Crippen molar-refractivity contribution in [1.29, 1.82) is 0 Å². The highest BCUT2D eigenvalue weighted by Crippen LogP contribution is 2.71. The van der Waals surface area contributed by atoms with Crippen LogP contribution in [0.4, 0.5) is 0 Å². The highest BCUT2D eigenvalue weighted by Gasteiger charge is 2.70. The first kappa shape index (κ1) is 16.1. The minimum Gasteiger partial charge on any atom is -0.393 e. The molecule has 130 valence electrons. The maximum Gasteiger partial charge on any atom is 0.139 e. The second-order valence-electron chi connectivity index (χ2n) is 10.2. The molecule has 0 aliphatic heterocycles. The first-order valence-electron chi connectivity index (χ1n) is 9.55. The Kier molecular flexibility index (Phi) is 3.22. The Labute approximate surface area is 139 Å². The summed E-state index contributed by atoms with van der Waals surface area (Å²) in [6, 6.07) is 0. The van der Waals surface area contributed by atoms with E-state index >= 15 is 0 Å². The van der Waals surface area contributed by atoms with Crippen molar-refractivity contribution in [2.24, 2.45) is 34.0 Å². The molecule has 4 aliphatic carbocycles. The summed E-state index contributed by atoms with van der Waals surface area (Å²) in [5.41, 5.74) is -0.898. The SMILES string of the molecule is CC1(C)CCC[C@]2(C)[C@H]1CC(=O)[C@]13C[C@H](CC[C@@H]12)[C@](O)(CO)C3. The van der Waals surface area contributed by atoms with Crippen LogP contribution in [0, 0.1) is 34.0 Å². The minimum atomic E-state index is -1.02. The normalized spacial score (nSPS) is 54.5. The van der Waals surface area contributed by atoms with E-state index in [0.717, 1.165) is 19.3 Å². The molecule has 0 saturated heterocycles. The number of ketones is 1. The smallest absolute Gasteiger partial charge is 0.139 e. The Hall–Kier alpha value is -0.410. The van der Waals surface area contributed by atoms with Crippen LogP contribution in [0.25, 0.3) is 0 Å². The van der Waals surface area contributed by atoms with E-state index in [1.165, 1.54) is 19.3 Å². The lowest BCUT2D eigenvalue weighted by Gasteiger charge is -2.62.